The maximum absolute atomic E-state index is 3.26. The second kappa shape index (κ2) is 8.58. The highest BCUT2D eigenvalue weighted by molar-refractivity contribution is 5.03. The van der Waals surface area contributed by atoms with Gasteiger partial charge in [0.1, 0.15) is 0 Å². The Morgan fingerprint density at radius 1 is 0.933 bits per heavy atom. The van der Waals surface area contributed by atoms with E-state index in [1.165, 1.54) is 63.5 Å². The fourth-order valence-electron chi connectivity index (χ4n) is 1.97. The molecule has 0 fully saturated rings. The SMILES string of the molecule is CCCCCCCCCCc1ccc[nH]1. The number of aromatic amines is 1. The molecule has 0 spiro atoms. The Morgan fingerprint density at radius 2 is 1.60 bits per heavy atom. The average Bonchev–Trinajstić information content (AvgIpc) is 2.75. The number of hydrogen-bond acceptors (Lipinski definition) is 0. The van der Waals surface area contributed by atoms with Gasteiger partial charge in [-0.25, -0.2) is 0 Å². The molecule has 15 heavy (non-hydrogen) atoms. The highest BCUT2D eigenvalue weighted by Crippen LogP contribution is 2.10. The van der Waals surface area contributed by atoms with E-state index in [1.54, 1.807) is 0 Å². The minimum absolute atomic E-state index is 1.22. The van der Waals surface area contributed by atoms with Crippen molar-refractivity contribution in [2.45, 2.75) is 64.7 Å². The van der Waals surface area contributed by atoms with E-state index in [9.17, 15) is 0 Å². The smallest absolute Gasteiger partial charge is 0.0147 e. The van der Waals surface area contributed by atoms with Crippen molar-refractivity contribution in [1.82, 2.24) is 4.98 Å². The quantitative estimate of drug-likeness (QED) is 0.565. The van der Waals surface area contributed by atoms with Crippen LogP contribution in [0.3, 0.4) is 0 Å². The average molecular weight is 207 g/mol. The Morgan fingerprint density at radius 3 is 2.20 bits per heavy atom. The molecule has 0 saturated carbocycles. The standard InChI is InChI=1S/C14H25N/c1-2-3-4-5-6-7-8-9-11-14-12-10-13-15-14/h10,12-13,15H,2-9,11H2,1H3. The van der Waals surface area contributed by atoms with Gasteiger partial charge < -0.3 is 4.98 Å². The zero-order chi connectivity index (χ0) is 10.8. The van der Waals surface area contributed by atoms with Gasteiger partial charge in [0, 0.05) is 11.9 Å². The molecule has 1 N–H and O–H groups in total. The van der Waals surface area contributed by atoms with Crippen LogP contribution in [-0.2, 0) is 6.42 Å². The largest absolute Gasteiger partial charge is 0.365 e. The molecular weight excluding hydrogens is 182 g/mol. The topological polar surface area (TPSA) is 15.8 Å². The van der Waals surface area contributed by atoms with Crippen molar-refractivity contribution in [2.75, 3.05) is 0 Å². The van der Waals surface area contributed by atoms with Gasteiger partial charge in [-0.1, -0.05) is 51.9 Å². The Labute approximate surface area is 94.3 Å². The molecule has 1 aromatic heterocycles. The van der Waals surface area contributed by atoms with Crippen LogP contribution in [0.1, 0.15) is 64.0 Å². The molecule has 1 rings (SSSR count). The predicted molar refractivity (Wildman–Crippen MR) is 67.1 cm³/mol. The number of nitrogens with one attached hydrogen (secondary N) is 1. The van der Waals surface area contributed by atoms with Gasteiger partial charge in [-0.3, -0.25) is 0 Å². The van der Waals surface area contributed by atoms with Gasteiger partial charge in [-0.2, -0.15) is 0 Å². The summed E-state index contributed by atoms with van der Waals surface area (Å²) in [5, 5.41) is 0. The summed E-state index contributed by atoms with van der Waals surface area (Å²) in [4.78, 5) is 3.26. The van der Waals surface area contributed by atoms with Crippen molar-refractivity contribution in [3.8, 4) is 0 Å². The van der Waals surface area contributed by atoms with Gasteiger partial charge in [0.2, 0.25) is 0 Å². The second-order valence-electron chi connectivity index (χ2n) is 4.42. The first kappa shape index (κ1) is 12.4. The van der Waals surface area contributed by atoms with E-state index in [4.69, 9.17) is 0 Å². The fourth-order valence-corrected chi connectivity index (χ4v) is 1.97. The molecule has 0 aromatic carbocycles. The van der Waals surface area contributed by atoms with Crippen LogP contribution in [0.15, 0.2) is 18.3 Å². The Kier molecular flexibility index (Phi) is 7.06. The summed E-state index contributed by atoms with van der Waals surface area (Å²) in [7, 11) is 0. The van der Waals surface area contributed by atoms with E-state index in [0.29, 0.717) is 0 Å². The van der Waals surface area contributed by atoms with Crippen LogP contribution < -0.4 is 0 Å². The minimum Gasteiger partial charge on any atom is -0.365 e. The number of aryl methyl sites for hydroxylation is 1. The molecule has 0 amide bonds. The monoisotopic (exact) mass is 207 g/mol. The fraction of sp³-hybridized carbons (Fsp3) is 0.714. The summed E-state index contributed by atoms with van der Waals surface area (Å²) in [5.74, 6) is 0. The number of rotatable bonds is 9. The molecule has 0 unspecified atom stereocenters. The second-order valence-corrected chi connectivity index (χ2v) is 4.42. The summed E-state index contributed by atoms with van der Waals surface area (Å²) in [5.41, 5.74) is 1.39. The minimum atomic E-state index is 1.22. The molecule has 1 aromatic rings. The van der Waals surface area contributed by atoms with E-state index >= 15 is 0 Å². The van der Waals surface area contributed by atoms with Crippen molar-refractivity contribution < 1.29 is 0 Å². The predicted octanol–water partition coefficient (Wildman–Crippen LogP) is 4.70. The van der Waals surface area contributed by atoms with Crippen LogP contribution in [0.5, 0.6) is 0 Å². The summed E-state index contributed by atoms with van der Waals surface area (Å²) in [6.07, 6.45) is 14.5. The van der Waals surface area contributed by atoms with Crippen molar-refractivity contribution in [3.63, 3.8) is 0 Å². The summed E-state index contributed by atoms with van der Waals surface area (Å²) in [6, 6.07) is 4.27. The lowest BCUT2D eigenvalue weighted by Gasteiger charge is -2.00. The van der Waals surface area contributed by atoms with Crippen molar-refractivity contribution >= 4 is 0 Å². The summed E-state index contributed by atoms with van der Waals surface area (Å²) >= 11 is 0. The molecule has 0 saturated heterocycles. The summed E-state index contributed by atoms with van der Waals surface area (Å²) < 4.78 is 0. The van der Waals surface area contributed by atoms with Gasteiger partial charge in [0.25, 0.3) is 0 Å². The third-order valence-electron chi connectivity index (χ3n) is 2.96. The van der Waals surface area contributed by atoms with E-state index < -0.39 is 0 Å². The van der Waals surface area contributed by atoms with Crippen LogP contribution in [0.25, 0.3) is 0 Å². The lowest BCUT2D eigenvalue weighted by molar-refractivity contribution is 0.574. The highest BCUT2D eigenvalue weighted by Gasteiger charge is 1.94. The van der Waals surface area contributed by atoms with Gasteiger partial charge >= 0.3 is 0 Å². The molecule has 0 aliphatic carbocycles. The van der Waals surface area contributed by atoms with Crippen LogP contribution in [-0.4, -0.2) is 4.98 Å². The highest BCUT2D eigenvalue weighted by atomic mass is 14.7. The van der Waals surface area contributed by atoms with Crippen molar-refractivity contribution in [2.24, 2.45) is 0 Å². The van der Waals surface area contributed by atoms with Gasteiger partial charge in [-0.15, -0.1) is 0 Å². The Hall–Kier alpha value is -0.720. The van der Waals surface area contributed by atoms with Crippen LogP contribution in [0.4, 0.5) is 0 Å². The van der Waals surface area contributed by atoms with Crippen LogP contribution in [0, 0.1) is 0 Å². The number of H-pyrrole nitrogens is 1. The number of aromatic nitrogens is 1. The molecule has 1 nitrogen and oxygen atoms in total. The van der Waals surface area contributed by atoms with Crippen LogP contribution >= 0.6 is 0 Å². The molecule has 1 heteroatoms. The molecule has 1 heterocycles. The van der Waals surface area contributed by atoms with Gasteiger partial charge in [0.15, 0.2) is 0 Å². The summed E-state index contributed by atoms with van der Waals surface area (Å²) in [6.45, 7) is 2.27. The molecule has 0 radical (unpaired) electrons. The molecule has 0 aliphatic heterocycles. The van der Waals surface area contributed by atoms with Crippen molar-refractivity contribution in [3.05, 3.63) is 24.0 Å². The number of hydrogen-bond donors (Lipinski definition) is 1. The van der Waals surface area contributed by atoms with Gasteiger partial charge in [-0.05, 0) is 25.0 Å². The first-order chi connectivity index (χ1) is 7.43. The first-order valence-corrected chi connectivity index (χ1v) is 6.55. The molecule has 0 aliphatic rings. The molecule has 0 bridgehead atoms. The zero-order valence-corrected chi connectivity index (χ0v) is 10.1. The lowest BCUT2D eigenvalue weighted by Crippen LogP contribution is -1.86. The van der Waals surface area contributed by atoms with Crippen molar-refractivity contribution in [1.29, 1.82) is 0 Å². The molecule has 0 atom stereocenters. The lowest BCUT2D eigenvalue weighted by atomic mass is 10.1. The molecular formula is C14H25N. The maximum Gasteiger partial charge on any atom is 0.0147 e. The maximum atomic E-state index is 3.26. The van der Waals surface area contributed by atoms with E-state index in [0.717, 1.165) is 0 Å². The normalized spacial score (nSPS) is 10.7. The van der Waals surface area contributed by atoms with Gasteiger partial charge in [0.05, 0.1) is 0 Å². The zero-order valence-electron chi connectivity index (χ0n) is 10.1. The molecule has 86 valence electrons. The third kappa shape index (κ3) is 6.38. The van der Waals surface area contributed by atoms with E-state index in [-0.39, 0.29) is 0 Å². The Bertz CT molecular complexity index is 213. The van der Waals surface area contributed by atoms with Crippen LogP contribution in [0.2, 0.25) is 0 Å². The third-order valence-corrected chi connectivity index (χ3v) is 2.96. The number of unbranched alkanes of at least 4 members (excludes halogenated alkanes) is 7. The Balaban J connectivity index is 1.81. The van der Waals surface area contributed by atoms with E-state index in [1.807, 2.05) is 6.20 Å². The first-order valence-electron chi connectivity index (χ1n) is 6.55. The van der Waals surface area contributed by atoms with E-state index in [2.05, 4.69) is 24.0 Å².